The SMILES string of the molecule is CC/C=C\CCCCCOCC1=C([Si](C)(C)C)C1. The van der Waals surface area contributed by atoms with Gasteiger partial charge in [-0.25, -0.2) is 0 Å². The van der Waals surface area contributed by atoms with Crippen molar-refractivity contribution in [3.05, 3.63) is 22.9 Å². The van der Waals surface area contributed by atoms with Gasteiger partial charge in [0.2, 0.25) is 0 Å². The van der Waals surface area contributed by atoms with Crippen molar-refractivity contribution in [1.82, 2.24) is 0 Å². The van der Waals surface area contributed by atoms with Crippen LogP contribution in [0.3, 0.4) is 0 Å². The normalized spacial score (nSPS) is 15.8. The molecule has 0 atom stereocenters. The Morgan fingerprint density at radius 2 is 1.89 bits per heavy atom. The van der Waals surface area contributed by atoms with Gasteiger partial charge in [0.05, 0.1) is 14.7 Å². The first kappa shape index (κ1) is 15.7. The molecule has 0 saturated carbocycles. The van der Waals surface area contributed by atoms with Gasteiger partial charge in [0.1, 0.15) is 0 Å². The zero-order chi connectivity index (χ0) is 13.4. The quantitative estimate of drug-likeness (QED) is 0.303. The first-order valence-electron chi connectivity index (χ1n) is 7.49. The molecule has 0 aliphatic heterocycles. The molecule has 0 N–H and O–H groups in total. The molecule has 18 heavy (non-hydrogen) atoms. The smallest absolute Gasteiger partial charge is 0.0729 e. The van der Waals surface area contributed by atoms with E-state index in [0.29, 0.717) is 0 Å². The van der Waals surface area contributed by atoms with Crippen LogP contribution in [0.1, 0.15) is 45.4 Å². The summed E-state index contributed by atoms with van der Waals surface area (Å²) < 4.78 is 5.76. The minimum atomic E-state index is -0.989. The van der Waals surface area contributed by atoms with Crippen LogP contribution < -0.4 is 0 Å². The molecule has 0 aromatic heterocycles. The van der Waals surface area contributed by atoms with Crippen molar-refractivity contribution in [3.8, 4) is 0 Å². The van der Waals surface area contributed by atoms with Crippen LogP contribution in [0, 0.1) is 0 Å². The van der Waals surface area contributed by atoms with Gasteiger partial charge in [-0.15, -0.1) is 0 Å². The maximum Gasteiger partial charge on any atom is 0.0729 e. The van der Waals surface area contributed by atoms with Crippen LogP contribution in [-0.4, -0.2) is 21.3 Å². The highest BCUT2D eigenvalue weighted by atomic mass is 28.3. The third kappa shape index (κ3) is 6.55. The van der Waals surface area contributed by atoms with Crippen molar-refractivity contribution in [2.75, 3.05) is 13.2 Å². The van der Waals surface area contributed by atoms with Crippen molar-refractivity contribution in [2.45, 2.75) is 65.1 Å². The van der Waals surface area contributed by atoms with Gasteiger partial charge >= 0.3 is 0 Å². The lowest BCUT2D eigenvalue weighted by molar-refractivity contribution is 0.153. The van der Waals surface area contributed by atoms with Gasteiger partial charge in [-0.2, -0.15) is 0 Å². The van der Waals surface area contributed by atoms with Gasteiger partial charge in [-0.3, -0.25) is 0 Å². The van der Waals surface area contributed by atoms with Crippen molar-refractivity contribution in [2.24, 2.45) is 0 Å². The average Bonchev–Trinajstić information content (AvgIpc) is 3.06. The van der Waals surface area contributed by atoms with Gasteiger partial charge in [-0.1, -0.05) is 50.3 Å². The fraction of sp³-hybridized carbons (Fsp3) is 0.750. The summed E-state index contributed by atoms with van der Waals surface area (Å²) in [5.41, 5.74) is 1.61. The Bertz CT molecular complexity index is 297. The third-order valence-corrected chi connectivity index (χ3v) is 5.78. The van der Waals surface area contributed by atoms with Gasteiger partial charge in [0.15, 0.2) is 0 Å². The molecule has 1 aliphatic carbocycles. The molecule has 1 aliphatic rings. The van der Waals surface area contributed by atoms with E-state index in [-0.39, 0.29) is 0 Å². The summed E-state index contributed by atoms with van der Waals surface area (Å²) in [6, 6.07) is 0. The highest BCUT2D eigenvalue weighted by molar-refractivity contribution is 6.84. The maximum absolute atomic E-state index is 5.76. The summed E-state index contributed by atoms with van der Waals surface area (Å²) in [5, 5.41) is 1.76. The molecule has 0 bridgehead atoms. The second-order valence-corrected chi connectivity index (χ2v) is 11.4. The van der Waals surface area contributed by atoms with E-state index in [1.54, 1.807) is 10.8 Å². The van der Waals surface area contributed by atoms with Gasteiger partial charge in [0.25, 0.3) is 0 Å². The third-order valence-electron chi connectivity index (χ3n) is 3.44. The van der Waals surface area contributed by atoms with E-state index in [4.69, 9.17) is 4.74 Å². The molecule has 0 unspecified atom stereocenters. The molecule has 104 valence electrons. The Kier molecular flexibility index (Phi) is 6.94. The van der Waals surface area contributed by atoms with Crippen LogP contribution in [-0.2, 0) is 4.74 Å². The first-order valence-corrected chi connectivity index (χ1v) is 11.0. The number of rotatable bonds is 10. The number of hydrogen-bond acceptors (Lipinski definition) is 1. The Morgan fingerprint density at radius 3 is 2.50 bits per heavy atom. The van der Waals surface area contributed by atoms with E-state index in [9.17, 15) is 0 Å². The molecular formula is C16H30OSi. The number of unbranched alkanes of at least 4 members (excludes halogenated alkanes) is 3. The van der Waals surface area contributed by atoms with Gasteiger partial charge in [0, 0.05) is 6.61 Å². The minimum Gasteiger partial charge on any atom is -0.377 e. The maximum atomic E-state index is 5.76. The summed E-state index contributed by atoms with van der Waals surface area (Å²) in [6.07, 6.45) is 12.1. The second-order valence-electron chi connectivity index (χ2n) is 6.29. The Hall–Kier alpha value is -0.343. The number of allylic oxidation sites excluding steroid dienone is 3. The van der Waals surface area contributed by atoms with Gasteiger partial charge in [-0.05, 0) is 37.7 Å². The number of hydrogen-bond donors (Lipinski definition) is 0. The van der Waals surface area contributed by atoms with Crippen molar-refractivity contribution in [3.63, 3.8) is 0 Å². The van der Waals surface area contributed by atoms with Crippen molar-refractivity contribution in [1.29, 1.82) is 0 Å². The molecule has 2 heteroatoms. The Morgan fingerprint density at radius 1 is 1.11 bits per heavy atom. The molecular weight excluding hydrogens is 236 g/mol. The molecule has 0 fully saturated rings. The molecule has 0 aromatic rings. The highest BCUT2D eigenvalue weighted by Crippen LogP contribution is 2.38. The Balaban J connectivity index is 1.92. The van der Waals surface area contributed by atoms with Crippen LogP contribution in [0.15, 0.2) is 22.9 Å². The van der Waals surface area contributed by atoms with E-state index in [2.05, 4.69) is 38.7 Å². The van der Waals surface area contributed by atoms with Gasteiger partial charge < -0.3 is 4.74 Å². The summed E-state index contributed by atoms with van der Waals surface area (Å²) >= 11 is 0. The zero-order valence-corrected chi connectivity index (χ0v) is 13.7. The van der Waals surface area contributed by atoms with E-state index in [1.165, 1.54) is 32.1 Å². The molecule has 1 nitrogen and oxygen atoms in total. The summed E-state index contributed by atoms with van der Waals surface area (Å²) in [6.45, 7) is 11.3. The van der Waals surface area contributed by atoms with Crippen LogP contribution >= 0.6 is 0 Å². The molecule has 0 spiro atoms. The summed E-state index contributed by atoms with van der Waals surface area (Å²) in [4.78, 5) is 0. The van der Waals surface area contributed by atoms with Crippen molar-refractivity contribution >= 4 is 8.07 Å². The fourth-order valence-corrected chi connectivity index (χ4v) is 4.10. The monoisotopic (exact) mass is 266 g/mol. The lowest BCUT2D eigenvalue weighted by Crippen LogP contribution is -2.18. The molecule has 0 radical (unpaired) electrons. The first-order chi connectivity index (χ1) is 8.55. The van der Waals surface area contributed by atoms with Crippen LogP contribution in [0.25, 0.3) is 0 Å². The largest absolute Gasteiger partial charge is 0.377 e. The standard InChI is InChI=1S/C16H30OSi/c1-5-6-7-8-9-10-11-12-17-14-15-13-16(15)18(2,3)4/h6-7H,5,8-14H2,1-4H3/b7-6-. The van der Waals surface area contributed by atoms with E-state index in [1.807, 2.05) is 0 Å². The summed E-state index contributed by atoms with van der Waals surface area (Å²) in [5.74, 6) is 0. The van der Waals surface area contributed by atoms with E-state index < -0.39 is 8.07 Å². The summed E-state index contributed by atoms with van der Waals surface area (Å²) in [7, 11) is -0.989. The minimum absolute atomic E-state index is 0.912. The van der Waals surface area contributed by atoms with E-state index >= 15 is 0 Å². The zero-order valence-electron chi connectivity index (χ0n) is 12.7. The van der Waals surface area contributed by atoms with Crippen molar-refractivity contribution < 1.29 is 4.74 Å². The van der Waals surface area contributed by atoms with E-state index in [0.717, 1.165) is 19.6 Å². The second kappa shape index (κ2) is 7.95. The highest BCUT2D eigenvalue weighted by Gasteiger charge is 2.32. The topological polar surface area (TPSA) is 9.23 Å². The molecule has 0 aromatic carbocycles. The Labute approximate surface area is 114 Å². The molecule has 0 heterocycles. The lowest BCUT2D eigenvalue weighted by Gasteiger charge is -2.09. The molecule has 0 saturated heterocycles. The molecule has 0 amide bonds. The predicted molar refractivity (Wildman–Crippen MR) is 83.7 cm³/mol. The lowest BCUT2D eigenvalue weighted by atomic mass is 10.2. The average molecular weight is 267 g/mol. The number of ether oxygens (including phenoxy) is 1. The van der Waals surface area contributed by atoms with Crippen LogP contribution in [0.5, 0.6) is 0 Å². The molecule has 1 rings (SSSR count). The predicted octanol–water partition coefficient (Wildman–Crippen LogP) is 5.11. The fourth-order valence-electron chi connectivity index (χ4n) is 2.23. The van der Waals surface area contributed by atoms with Crippen LogP contribution in [0.2, 0.25) is 19.6 Å². The van der Waals surface area contributed by atoms with Crippen LogP contribution in [0.4, 0.5) is 0 Å².